The molecule has 0 bridgehead atoms. The van der Waals surface area contributed by atoms with E-state index in [9.17, 15) is 26.3 Å². The summed E-state index contributed by atoms with van der Waals surface area (Å²) in [5.74, 6) is 0. The Morgan fingerprint density at radius 1 is 0.571 bits per heavy atom. The average molecular weight is 400 g/mol. The van der Waals surface area contributed by atoms with Crippen molar-refractivity contribution < 1.29 is 26.3 Å². The highest BCUT2D eigenvalue weighted by Crippen LogP contribution is 2.29. The Balaban J connectivity index is 1.67. The number of aliphatic imine (C=N–C) groups is 2. The molecule has 0 aliphatic heterocycles. The highest BCUT2D eigenvalue weighted by atomic mass is 19.4. The van der Waals surface area contributed by atoms with Crippen LogP contribution >= 0.6 is 0 Å². The van der Waals surface area contributed by atoms with E-state index in [1.807, 2.05) is 0 Å². The monoisotopic (exact) mass is 400 g/mol. The van der Waals surface area contributed by atoms with Crippen molar-refractivity contribution in [3.8, 4) is 0 Å². The molecule has 0 radical (unpaired) electrons. The molecule has 2 rings (SSSR count). The summed E-state index contributed by atoms with van der Waals surface area (Å²) < 4.78 is 74.7. The molecule has 0 unspecified atom stereocenters. The summed E-state index contributed by atoms with van der Waals surface area (Å²) in [6, 6.07) is 9.49. The lowest BCUT2D eigenvalue weighted by Gasteiger charge is -2.05. The Labute approximate surface area is 158 Å². The van der Waals surface area contributed by atoms with Crippen molar-refractivity contribution >= 4 is 12.4 Å². The lowest BCUT2D eigenvalue weighted by Crippen LogP contribution is -2.04. The van der Waals surface area contributed by atoms with Crippen LogP contribution in [0.5, 0.6) is 0 Å². The van der Waals surface area contributed by atoms with Crippen molar-refractivity contribution in [3.63, 3.8) is 0 Å². The maximum absolute atomic E-state index is 12.5. The molecular formula is C20H18F6N2. The molecule has 0 heterocycles. The third-order valence-corrected chi connectivity index (χ3v) is 3.78. The van der Waals surface area contributed by atoms with Crippen LogP contribution in [0.4, 0.5) is 26.3 Å². The highest BCUT2D eigenvalue weighted by Gasteiger charge is 2.30. The molecule has 0 saturated carbocycles. The maximum Gasteiger partial charge on any atom is 0.416 e. The molecule has 2 aromatic carbocycles. The standard InChI is InChI=1S/C20H18F6N2/c21-19(22,23)17-7-3-15(4-8-17)13-27-11-1-2-12-28-14-16-5-9-18(10-6-16)20(24,25)26/h3-10,13-14H,1-2,11-12H2. The van der Waals surface area contributed by atoms with Gasteiger partial charge < -0.3 is 0 Å². The molecule has 0 aliphatic carbocycles. The summed E-state index contributed by atoms with van der Waals surface area (Å²) in [5.41, 5.74) is -0.215. The number of benzene rings is 2. The number of halogens is 6. The van der Waals surface area contributed by atoms with Crippen molar-refractivity contribution in [2.45, 2.75) is 25.2 Å². The Morgan fingerprint density at radius 3 is 1.18 bits per heavy atom. The van der Waals surface area contributed by atoms with E-state index in [1.54, 1.807) is 0 Å². The van der Waals surface area contributed by atoms with Gasteiger partial charge in [0.05, 0.1) is 11.1 Å². The third-order valence-electron chi connectivity index (χ3n) is 3.78. The molecule has 0 atom stereocenters. The Bertz CT molecular complexity index is 718. The van der Waals surface area contributed by atoms with E-state index >= 15 is 0 Å². The molecule has 0 amide bonds. The van der Waals surface area contributed by atoms with Gasteiger partial charge in [0.1, 0.15) is 0 Å². The number of hydrogen-bond acceptors (Lipinski definition) is 2. The molecule has 0 saturated heterocycles. The molecule has 2 aromatic rings. The van der Waals surface area contributed by atoms with Gasteiger partial charge in [-0.05, 0) is 48.2 Å². The van der Waals surface area contributed by atoms with Crippen LogP contribution < -0.4 is 0 Å². The van der Waals surface area contributed by atoms with E-state index in [2.05, 4.69) is 9.98 Å². The van der Waals surface area contributed by atoms with Crippen LogP contribution in [0, 0.1) is 0 Å². The van der Waals surface area contributed by atoms with E-state index in [4.69, 9.17) is 0 Å². The third kappa shape index (κ3) is 7.17. The van der Waals surface area contributed by atoms with Gasteiger partial charge in [-0.1, -0.05) is 24.3 Å². The van der Waals surface area contributed by atoms with Crippen LogP contribution in [0.2, 0.25) is 0 Å². The lowest BCUT2D eigenvalue weighted by atomic mass is 10.1. The van der Waals surface area contributed by atoms with Crippen molar-refractivity contribution in [3.05, 3.63) is 70.8 Å². The molecule has 2 nitrogen and oxygen atoms in total. The molecule has 150 valence electrons. The quantitative estimate of drug-likeness (QED) is 0.307. The largest absolute Gasteiger partial charge is 0.416 e. The van der Waals surface area contributed by atoms with Crippen LogP contribution in [0.3, 0.4) is 0 Å². The van der Waals surface area contributed by atoms with Gasteiger partial charge in [0.25, 0.3) is 0 Å². The number of alkyl halides is 6. The van der Waals surface area contributed by atoms with Crippen molar-refractivity contribution in [2.75, 3.05) is 13.1 Å². The molecule has 8 heteroatoms. The van der Waals surface area contributed by atoms with Crippen molar-refractivity contribution in [1.29, 1.82) is 0 Å². The molecule has 0 spiro atoms. The molecule has 0 aliphatic rings. The first-order valence-electron chi connectivity index (χ1n) is 8.50. The summed E-state index contributed by atoms with van der Waals surface area (Å²) >= 11 is 0. The first-order valence-corrected chi connectivity index (χ1v) is 8.50. The second kappa shape index (κ2) is 9.52. The van der Waals surface area contributed by atoms with Gasteiger partial charge >= 0.3 is 12.4 Å². The number of nitrogens with zero attached hydrogens (tertiary/aromatic N) is 2. The fraction of sp³-hybridized carbons (Fsp3) is 0.300. The summed E-state index contributed by atoms with van der Waals surface area (Å²) in [5, 5.41) is 0. The zero-order valence-corrected chi connectivity index (χ0v) is 14.8. The second-order valence-corrected chi connectivity index (χ2v) is 6.02. The predicted octanol–water partition coefficient (Wildman–Crippen LogP) is 6.04. The van der Waals surface area contributed by atoms with E-state index < -0.39 is 23.5 Å². The molecular weight excluding hydrogens is 382 g/mol. The summed E-state index contributed by atoms with van der Waals surface area (Å²) in [6.45, 7) is 1.02. The SMILES string of the molecule is FC(F)(F)c1ccc(C=NCCCCN=Cc2ccc(C(F)(F)F)cc2)cc1. The number of hydrogen-bond donors (Lipinski definition) is 0. The summed E-state index contributed by atoms with van der Waals surface area (Å²) in [7, 11) is 0. The van der Waals surface area contributed by atoms with Gasteiger partial charge in [-0.25, -0.2) is 0 Å². The molecule has 0 aromatic heterocycles. The van der Waals surface area contributed by atoms with Crippen LogP contribution in [0.1, 0.15) is 35.1 Å². The van der Waals surface area contributed by atoms with Crippen LogP contribution in [0.15, 0.2) is 58.5 Å². The van der Waals surface area contributed by atoms with Crippen LogP contribution in [-0.2, 0) is 12.4 Å². The van der Waals surface area contributed by atoms with E-state index in [-0.39, 0.29) is 0 Å². The Hall–Kier alpha value is -2.64. The molecule has 28 heavy (non-hydrogen) atoms. The van der Waals surface area contributed by atoms with Gasteiger partial charge in [0, 0.05) is 25.5 Å². The van der Waals surface area contributed by atoms with E-state index in [1.165, 1.54) is 36.7 Å². The van der Waals surface area contributed by atoms with E-state index in [0.717, 1.165) is 37.1 Å². The van der Waals surface area contributed by atoms with E-state index in [0.29, 0.717) is 24.2 Å². The number of unbranched alkanes of at least 4 members (excludes halogenated alkanes) is 1. The van der Waals surface area contributed by atoms with Gasteiger partial charge in [0.15, 0.2) is 0 Å². The Kier molecular flexibility index (Phi) is 7.37. The first-order chi connectivity index (χ1) is 13.2. The fourth-order valence-electron chi connectivity index (χ4n) is 2.26. The topological polar surface area (TPSA) is 24.7 Å². The minimum atomic E-state index is -4.35. The van der Waals surface area contributed by atoms with Gasteiger partial charge in [-0.2, -0.15) is 26.3 Å². The minimum Gasteiger partial charge on any atom is -0.293 e. The Morgan fingerprint density at radius 2 is 0.893 bits per heavy atom. The summed E-state index contributed by atoms with van der Waals surface area (Å²) in [6.07, 6.45) is -4.19. The van der Waals surface area contributed by atoms with Crippen molar-refractivity contribution in [2.24, 2.45) is 9.98 Å². The van der Waals surface area contributed by atoms with Crippen LogP contribution in [0.25, 0.3) is 0 Å². The summed E-state index contributed by atoms with van der Waals surface area (Å²) in [4.78, 5) is 8.31. The highest BCUT2D eigenvalue weighted by molar-refractivity contribution is 5.80. The first kappa shape index (κ1) is 21.7. The molecule has 0 N–H and O–H groups in total. The van der Waals surface area contributed by atoms with Gasteiger partial charge in [0.2, 0.25) is 0 Å². The fourth-order valence-corrected chi connectivity index (χ4v) is 2.26. The van der Waals surface area contributed by atoms with Gasteiger partial charge in [-0.3, -0.25) is 9.98 Å². The normalized spacial score (nSPS) is 12.9. The smallest absolute Gasteiger partial charge is 0.293 e. The lowest BCUT2D eigenvalue weighted by molar-refractivity contribution is -0.138. The van der Waals surface area contributed by atoms with Crippen LogP contribution in [-0.4, -0.2) is 25.5 Å². The van der Waals surface area contributed by atoms with Gasteiger partial charge in [-0.15, -0.1) is 0 Å². The predicted molar refractivity (Wildman–Crippen MR) is 97.0 cm³/mol. The average Bonchev–Trinajstić information content (AvgIpc) is 2.63. The zero-order valence-electron chi connectivity index (χ0n) is 14.8. The maximum atomic E-state index is 12.5. The zero-order chi connectivity index (χ0) is 20.6. The minimum absolute atomic E-state index is 0.511. The molecule has 0 fully saturated rings. The number of rotatable bonds is 7. The van der Waals surface area contributed by atoms with Crippen molar-refractivity contribution in [1.82, 2.24) is 0 Å². The second-order valence-electron chi connectivity index (χ2n) is 6.02.